The predicted octanol–water partition coefficient (Wildman–Crippen LogP) is 4.08. The van der Waals surface area contributed by atoms with E-state index in [1.54, 1.807) is 24.3 Å². The molecule has 1 aromatic carbocycles. The third-order valence-corrected chi connectivity index (χ3v) is 3.39. The van der Waals surface area contributed by atoms with Gasteiger partial charge < -0.3 is 4.74 Å². The molecule has 2 aromatic heterocycles. The number of methoxy groups -OCH3 is 1. The summed E-state index contributed by atoms with van der Waals surface area (Å²) in [4.78, 5) is 3.65. The number of benzene rings is 1. The number of alkyl halides is 3. The molecule has 0 unspecified atom stereocenters. The first-order valence-electron chi connectivity index (χ1n) is 6.16. The van der Waals surface area contributed by atoms with Crippen LogP contribution in [0.5, 0.6) is 5.75 Å². The van der Waals surface area contributed by atoms with Gasteiger partial charge in [0.25, 0.3) is 0 Å². The quantitative estimate of drug-likeness (QED) is 0.666. The molecule has 0 amide bonds. The molecule has 4 nitrogen and oxygen atoms in total. The zero-order valence-electron chi connectivity index (χ0n) is 11.2. The van der Waals surface area contributed by atoms with Crippen molar-refractivity contribution in [1.29, 1.82) is 0 Å². The van der Waals surface area contributed by atoms with E-state index in [2.05, 4.69) is 10.1 Å². The molecule has 3 rings (SSSR count). The molecule has 0 fully saturated rings. The molecular weight excluding hydrogens is 319 g/mol. The summed E-state index contributed by atoms with van der Waals surface area (Å²) in [5.41, 5.74) is 0.111. The molecule has 0 N–H and O–H groups in total. The molecule has 0 bridgehead atoms. The molecule has 0 spiro atoms. The number of aromatic nitrogens is 3. The maximum atomic E-state index is 12.9. The van der Waals surface area contributed by atoms with Gasteiger partial charge in [-0.25, -0.2) is 9.50 Å². The van der Waals surface area contributed by atoms with Crippen LogP contribution in [-0.2, 0) is 6.18 Å². The summed E-state index contributed by atoms with van der Waals surface area (Å²) in [5.74, 6) is 0.641. The van der Waals surface area contributed by atoms with Crippen LogP contribution in [0.25, 0.3) is 16.8 Å². The lowest BCUT2D eigenvalue weighted by Gasteiger charge is -2.08. The summed E-state index contributed by atoms with van der Waals surface area (Å²) in [6.45, 7) is 0. The van der Waals surface area contributed by atoms with Crippen LogP contribution in [-0.4, -0.2) is 21.7 Å². The Kier molecular flexibility index (Phi) is 3.44. The highest BCUT2D eigenvalue weighted by atomic mass is 35.5. The van der Waals surface area contributed by atoms with E-state index in [9.17, 15) is 13.2 Å². The van der Waals surface area contributed by atoms with Gasteiger partial charge in [0.05, 0.1) is 13.3 Å². The SMILES string of the molecule is COc1ccc(-c2cnn3c(Cl)cc(C(F)(F)F)nc23)cc1. The molecular formula is C14H9ClF3N3O. The number of nitrogens with zero attached hydrogens (tertiary/aromatic N) is 3. The Balaban J connectivity index is 2.19. The Morgan fingerprint density at radius 3 is 2.45 bits per heavy atom. The smallest absolute Gasteiger partial charge is 0.433 e. The van der Waals surface area contributed by atoms with Crippen molar-refractivity contribution < 1.29 is 17.9 Å². The molecule has 2 heterocycles. The minimum absolute atomic E-state index is 0.0463. The van der Waals surface area contributed by atoms with Crippen molar-refractivity contribution in [2.45, 2.75) is 6.18 Å². The zero-order valence-corrected chi connectivity index (χ0v) is 12.0. The zero-order chi connectivity index (χ0) is 15.9. The van der Waals surface area contributed by atoms with Gasteiger partial charge in [0.2, 0.25) is 0 Å². The lowest BCUT2D eigenvalue weighted by atomic mass is 10.1. The third kappa shape index (κ3) is 2.48. The van der Waals surface area contributed by atoms with Crippen molar-refractivity contribution in [3.8, 4) is 16.9 Å². The standard InChI is InChI=1S/C14H9ClF3N3O/c1-22-9-4-2-8(3-5-9)10-7-19-21-12(15)6-11(14(16,17)18)20-13(10)21/h2-7H,1H3. The van der Waals surface area contributed by atoms with E-state index in [1.165, 1.54) is 13.3 Å². The van der Waals surface area contributed by atoms with Crippen LogP contribution in [0, 0.1) is 0 Å². The average molecular weight is 328 g/mol. The summed E-state index contributed by atoms with van der Waals surface area (Å²) in [7, 11) is 1.53. The molecule has 0 saturated carbocycles. The molecule has 22 heavy (non-hydrogen) atoms. The van der Waals surface area contributed by atoms with E-state index in [1.807, 2.05) is 0 Å². The van der Waals surface area contributed by atoms with Crippen molar-refractivity contribution in [2.75, 3.05) is 7.11 Å². The second-order valence-electron chi connectivity index (χ2n) is 4.48. The Hall–Kier alpha value is -2.28. The van der Waals surface area contributed by atoms with Crippen LogP contribution in [0.2, 0.25) is 5.15 Å². The second kappa shape index (κ2) is 5.17. The lowest BCUT2D eigenvalue weighted by Crippen LogP contribution is -2.10. The number of fused-ring (bicyclic) bond motifs is 1. The fourth-order valence-corrected chi connectivity index (χ4v) is 2.27. The summed E-state index contributed by atoms with van der Waals surface area (Å²) in [6, 6.07) is 7.58. The maximum absolute atomic E-state index is 12.9. The Morgan fingerprint density at radius 1 is 1.18 bits per heavy atom. The molecule has 0 aliphatic rings. The Labute approximate surface area is 128 Å². The highest BCUT2D eigenvalue weighted by Gasteiger charge is 2.34. The summed E-state index contributed by atoms with van der Waals surface area (Å²) in [6.07, 6.45) is -3.15. The van der Waals surface area contributed by atoms with Gasteiger partial charge in [0.1, 0.15) is 16.6 Å². The van der Waals surface area contributed by atoms with Gasteiger partial charge in [-0.3, -0.25) is 0 Å². The Morgan fingerprint density at radius 2 is 1.86 bits per heavy atom. The summed E-state index contributed by atoms with van der Waals surface area (Å²) < 4.78 is 44.8. The topological polar surface area (TPSA) is 39.4 Å². The van der Waals surface area contributed by atoms with Gasteiger partial charge >= 0.3 is 6.18 Å². The normalized spacial score (nSPS) is 11.9. The highest BCUT2D eigenvalue weighted by molar-refractivity contribution is 6.29. The molecule has 0 radical (unpaired) electrons. The molecule has 0 atom stereocenters. The molecule has 3 aromatic rings. The van der Waals surface area contributed by atoms with Crippen molar-refractivity contribution in [3.05, 3.63) is 47.4 Å². The number of hydrogen-bond acceptors (Lipinski definition) is 3. The van der Waals surface area contributed by atoms with E-state index in [4.69, 9.17) is 16.3 Å². The lowest BCUT2D eigenvalue weighted by molar-refractivity contribution is -0.141. The van der Waals surface area contributed by atoms with Crippen LogP contribution >= 0.6 is 11.6 Å². The van der Waals surface area contributed by atoms with Gasteiger partial charge in [-0.05, 0) is 17.7 Å². The molecule has 114 valence electrons. The van der Waals surface area contributed by atoms with E-state index in [0.29, 0.717) is 16.9 Å². The fourth-order valence-electron chi connectivity index (χ4n) is 2.05. The van der Waals surface area contributed by atoms with Gasteiger partial charge in [-0.2, -0.15) is 18.3 Å². The van der Waals surface area contributed by atoms with Crippen LogP contribution in [0.1, 0.15) is 5.69 Å². The highest BCUT2D eigenvalue weighted by Crippen LogP contribution is 2.32. The first-order chi connectivity index (χ1) is 10.4. The minimum Gasteiger partial charge on any atom is -0.497 e. The maximum Gasteiger partial charge on any atom is 0.433 e. The minimum atomic E-state index is -4.58. The van der Waals surface area contributed by atoms with E-state index < -0.39 is 11.9 Å². The van der Waals surface area contributed by atoms with Crippen LogP contribution in [0.4, 0.5) is 13.2 Å². The third-order valence-electron chi connectivity index (χ3n) is 3.12. The largest absolute Gasteiger partial charge is 0.497 e. The number of ether oxygens (including phenoxy) is 1. The van der Waals surface area contributed by atoms with Crippen LogP contribution in [0.3, 0.4) is 0 Å². The van der Waals surface area contributed by atoms with Crippen molar-refractivity contribution in [2.24, 2.45) is 0 Å². The number of halogens is 4. The average Bonchev–Trinajstić information content (AvgIpc) is 2.91. The van der Waals surface area contributed by atoms with Gasteiger partial charge in [0.15, 0.2) is 5.65 Å². The summed E-state index contributed by atoms with van der Waals surface area (Å²) >= 11 is 5.86. The van der Waals surface area contributed by atoms with Crippen LogP contribution in [0.15, 0.2) is 36.5 Å². The molecule has 8 heteroatoms. The van der Waals surface area contributed by atoms with Gasteiger partial charge in [-0.15, -0.1) is 0 Å². The number of hydrogen-bond donors (Lipinski definition) is 0. The molecule has 0 aliphatic carbocycles. The van der Waals surface area contributed by atoms with Gasteiger partial charge in [0, 0.05) is 11.6 Å². The first kappa shape index (κ1) is 14.6. The number of rotatable bonds is 2. The molecule has 0 saturated heterocycles. The van der Waals surface area contributed by atoms with Crippen molar-refractivity contribution in [1.82, 2.24) is 14.6 Å². The molecule has 0 aliphatic heterocycles. The Bertz CT molecular complexity index is 828. The van der Waals surface area contributed by atoms with E-state index in [0.717, 1.165) is 10.6 Å². The fraction of sp³-hybridized carbons (Fsp3) is 0.143. The van der Waals surface area contributed by atoms with E-state index >= 15 is 0 Å². The monoisotopic (exact) mass is 327 g/mol. The van der Waals surface area contributed by atoms with Gasteiger partial charge in [-0.1, -0.05) is 23.7 Å². The van der Waals surface area contributed by atoms with Crippen molar-refractivity contribution >= 4 is 17.2 Å². The second-order valence-corrected chi connectivity index (χ2v) is 4.87. The van der Waals surface area contributed by atoms with E-state index in [-0.39, 0.29) is 10.8 Å². The summed E-state index contributed by atoms with van der Waals surface area (Å²) in [5, 5.41) is 3.83. The van der Waals surface area contributed by atoms with Crippen LogP contribution < -0.4 is 4.74 Å². The van der Waals surface area contributed by atoms with Crippen molar-refractivity contribution in [3.63, 3.8) is 0 Å². The first-order valence-corrected chi connectivity index (χ1v) is 6.54. The predicted molar refractivity (Wildman–Crippen MR) is 75.0 cm³/mol.